The van der Waals surface area contributed by atoms with Crippen LogP contribution < -0.4 is 10.2 Å². The van der Waals surface area contributed by atoms with Crippen molar-refractivity contribution in [1.29, 1.82) is 0 Å². The smallest absolute Gasteiger partial charge is 0.268 e. The third kappa shape index (κ3) is 40.0. The van der Waals surface area contributed by atoms with Gasteiger partial charge in [0, 0.05) is 6.42 Å². The van der Waals surface area contributed by atoms with Crippen LogP contribution in [0.4, 0.5) is 0 Å². The van der Waals surface area contributed by atoms with E-state index in [0.29, 0.717) is 17.4 Å². The number of aliphatic hydroxyl groups is 1. The lowest BCUT2D eigenvalue weighted by Crippen LogP contribution is -2.45. The average molecular weight is 791 g/mol. The van der Waals surface area contributed by atoms with Gasteiger partial charge in [-0.05, 0) is 77.0 Å². The maximum absolute atomic E-state index is 12.8. The summed E-state index contributed by atoms with van der Waals surface area (Å²) < 4.78 is 23.1. The monoisotopic (exact) mass is 791 g/mol. The summed E-state index contributed by atoms with van der Waals surface area (Å²) in [4.78, 5) is 25.3. The van der Waals surface area contributed by atoms with Crippen molar-refractivity contribution in [3.63, 3.8) is 0 Å². The van der Waals surface area contributed by atoms with Gasteiger partial charge in [0.1, 0.15) is 13.2 Å². The molecule has 1 amide bonds. The molecule has 2 N–H and O–H groups in total. The number of nitrogens with one attached hydrogen (secondary N) is 1. The second-order valence-corrected chi connectivity index (χ2v) is 17.1. The number of phosphoric acid groups is 1. The predicted octanol–water partition coefficient (Wildman–Crippen LogP) is 11.4. The number of allylic oxidation sites excluding steroid dienone is 11. The zero-order valence-electron chi connectivity index (χ0n) is 35.9. The Morgan fingerprint density at radius 1 is 0.655 bits per heavy atom. The van der Waals surface area contributed by atoms with Gasteiger partial charge in [0.15, 0.2) is 0 Å². The molecule has 0 saturated heterocycles. The van der Waals surface area contributed by atoms with Crippen LogP contribution in [0.2, 0.25) is 0 Å². The summed E-state index contributed by atoms with van der Waals surface area (Å²) in [5.74, 6) is -0.233. The van der Waals surface area contributed by atoms with E-state index in [2.05, 4.69) is 79.9 Å². The SMILES string of the molecule is CC/C=C\C/C=C\C/C=C\CCCCCCCC(=O)NC(COP(=O)([O-])OCC[N+](C)(C)C)C(O)/C=C/CC/C=C/CC/C=C/CCCCCCCCCC. The largest absolute Gasteiger partial charge is 0.756 e. The third-order valence-electron chi connectivity index (χ3n) is 9.13. The number of hydrogen-bond donors (Lipinski definition) is 2. The van der Waals surface area contributed by atoms with Gasteiger partial charge in [-0.25, -0.2) is 0 Å². The van der Waals surface area contributed by atoms with Gasteiger partial charge in [0.2, 0.25) is 5.91 Å². The van der Waals surface area contributed by atoms with Crippen LogP contribution in [-0.2, 0) is 18.4 Å². The highest BCUT2D eigenvalue weighted by molar-refractivity contribution is 7.45. The summed E-state index contributed by atoms with van der Waals surface area (Å²) in [6.45, 7) is 4.46. The Labute approximate surface area is 338 Å². The van der Waals surface area contributed by atoms with Gasteiger partial charge in [-0.2, -0.15) is 0 Å². The summed E-state index contributed by atoms with van der Waals surface area (Å²) in [6.07, 6.45) is 49.5. The number of unbranched alkanes of at least 4 members (excludes halogenated alkanes) is 15. The van der Waals surface area contributed by atoms with Crippen molar-refractivity contribution in [1.82, 2.24) is 5.32 Å². The van der Waals surface area contributed by atoms with Crippen molar-refractivity contribution in [3.05, 3.63) is 72.9 Å². The van der Waals surface area contributed by atoms with Gasteiger partial charge in [0.25, 0.3) is 7.82 Å². The minimum absolute atomic E-state index is 0.0162. The predicted molar refractivity (Wildman–Crippen MR) is 233 cm³/mol. The number of quaternary nitrogens is 1. The van der Waals surface area contributed by atoms with Crippen LogP contribution in [-0.4, -0.2) is 68.5 Å². The van der Waals surface area contributed by atoms with Crippen molar-refractivity contribution in [2.24, 2.45) is 0 Å². The molecular formula is C46H83N2O6P. The summed E-state index contributed by atoms with van der Waals surface area (Å²) in [7, 11) is 1.21. The van der Waals surface area contributed by atoms with Gasteiger partial charge in [-0.1, -0.05) is 151 Å². The number of aliphatic hydroxyl groups excluding tert-OH is 1. The molecular weight excluding hydrogens is 707 g/mol. The molecule has 9 heteroatoms. The molecule has 0 rings (SSSR count). The van der Waals surface area contributed by atoms with Gasteiger partial charge < -0.3 is 28.8 Å². The standard InChI is InChI=1S/C46H83N2O6P/c1-6-8-10-12-14-16-18-20-22-23-24-26-27-29-31-33-35-37-39-45(49)44(43-54-55(51,52)53-42-41-48(3,4)5)47-46(50)40-38-36-34-32-30-28-25-21-19-17-15-13-11-9-7-2/h9,11,15,17,21,23-25,29,31,37,39,44-45,49H,6-8,10,12-14,16,18-20,22,26-28,30,32-36,38,40-43H2,1-5H3,(H-,47,50,51,52)/b11-9-,17-15-,24-23+,25-21-,31-29+,39-37+. The number of likely N-dealkylation sites (N-methyl/N-ethyl adjacent to an activating group) is 1. The average Bonchev–Trinajstić information content (AvgIpc) is 3.13. The van der Waals surface area contributed by atoms with E-state index in [4.69, 9.17) is 9.05 Å². The fraction of sp³-hybridized carbons (Fsp3) is 0.717. The van der Waals surface area contributed by atoms with E-state index in [-0.39, 0.29) is 12.5 Å². The van der Waals surface area contributed by atoms with Crippen LogP contribution in [0.25, 0.3) is 0 Å². The van der Waals surface area contributed by atoms with Gasteiger partial charge >= 0.3 is 0 Å². The summed E-state index contributed by atoms with van der Waals surface area (Å²) in [6, 6.07) is -0.921. The molecule has 0 radical (unpaired) electrons. The van der Waals surface area contributed by atoms with Crippen molar-refractivity contribution in [3.8, 4) is 0 Å². The lowest BCUT2D eigenvalue weighted by atomic mass is 10.1. The van der Waals surface area contributed by atoms with Crippen molar-refractivity contribution in [2.45, 2.75) is 174 Å². The molecule has 0 aliphatic rings. The lowest BCUT2D eigenvalue weighted by Gasteiger charge is -2.29. The maximum Gasteiger partial charge on any atom is 0.268 e. The zero-order valence-corrected chi connectivity index (χ0v) is 36.7. The van der Waals surface area contributed by atoms with E-state index < -0.39 is 26.6 Å². The molecule has 55 heavy (non-hydrogen) atoms. The van der Waals surface area contributed by atoms with Gasteiger partial charge in [-0.3, -0.25) is 9.36 Å². The normalized spacial score (nSPS) is 15.1. The van der Waals surface area contributed by atoms with Crippen LogP contribution in [0, 0.1) is 0 Å². The Hall–Kier alpha value is -2.06. The molecule has 8 nitrogen and oxygen atoms in total. The Morgan fingerprint density at radius 2 is 1.13 bits per heavy atom. The Balaban J connectivity index is 4.57. The highest BCUT2D eigenvalue weighted by atomic mass is 31.2. The Morgan fingerprint density at radius 3 is 1.69 bits per heavy atom. The third-order valence-corrected chi connectivity index (χ3v) is 10.1. The fourth-order valence-corrected chi connectivity index (χ4v) is 6.39. The van der Waals surface area contributed by atoms with Crippen LogP contribution in [0.1, 0.15) is 162 Å². The van der Waals surface area contributed by atoms with Crippen LogP contribution in [0.5, 0.6) is 0 Å². The first kappa shape index (κ1) is 52.9. The Kier molecular flexibility index (Phi) is 36.1. The quantitative estimate of drug-likeness (QED) is 0.0279. The number of hydrogen-bond acceptors (Lipinski definition) is 6. The number of amides is 1. The molecule has 0 aromatic heterocycles. The first-order valence-electron chi connectivity index (χ1n) is 21.8. The molecule has 0 saturated carbocycles. The molecule has 3 unspecified atom stereocenters. The van der Waals surface area contributed by atoms with Crippen molar-refractivity contribution >= 4 is 13.7 Å². The van der Waals surface area contributed by atoms with Crippen LogP contribution in [0.15, 0.2) is 72.9 Å². The minimum Gasteiger partial charge on any atom is -0.756 e. The molecule has 0 aliphatic carbocycles. The first-order valence-corrected chi connectivity index (χ1v) is 23.3. The number of carbonyl (C=O) groups is 1. The van der Waals surface area contributed by atoms with Crippen LogP contribution in [0.3, 0.4) is 0 Å². The summed E-state index contributed by atoms with van der Waals surface area (Å²) in [5, 5.41) is 13.7. The number of nitrogens with zero attached hydrogens (tertiary/aromatic N) is 1. The number of carbonyl (C=O) groups excluding carboxylic acids is 1. The fourth-order valence-electron chi connectivity index (χ4n) is 5.67. The second kappa shape index (κ2) is 37.5. The van der Waals surface area contributed by atoms with E-state index in [1.807, 2.05) is 27.2 Å². The summed E-state index contributed by atoms with van der Waals surface area (Å²) >= 11 is 0. The molecule has 0 fully saturated rings. The van der Waals surface area contributed by atoms with E-state index in [1.165, 1.54) is 57.8 Å². The topological polar surface area (TPSA) is 108 Å². The zero-order chi connectivity index (χ0) is 40.7. The van der Waals surface area contributed by atoms with Gasteiger partial charge in [0.05, 0.1) is 39.9 Å². The molecule has 0 aliphatic heterocycles. The number of phosphoric ester groups is 1. The second-order valence-electron chi connectivity index (χ2n) is 15.6. The van der Waals surface area contributed by atoms with E-state index >= 15 is 0 Å². The number of rotatable bonds is 38. The van der Waals surface area contributed by atoms with E-state index in [1.54, 1.807) is 6.08 Å². The molecule has 0 bridgehead atoms. The highest BCUT2D eigenvalue weighted by Gasteiger charge is 2.23. The Bertz CT molecular complexity index is 1120. The van der Waals surface area contributed by atoms with E-state index in [9.17, 15) is 19.4 Å². The van der Waals surface area contributed by atoms with Crippen LogP contribution >= 0.6 is 7.82 Å². The summed E-state index contributed by atoms with van der Waals surface area (Å²) in [5.41, 5.74) is 0. The molecule has 0 aromatic rings. The molecule has 0 heterocycles. The minimum atomic E-state index is -4.61. The maximum atomic E-state index is 12.8. The van der Waals surface area contributed by atoms with Gasteiger partial charge in [-0.15, -0.1) is 0 Å². The molecule has 3 atom stereocenters. The van der Waals surface area contributed by atoms with E-state index in [0.717, 1.165) is 83.5 Å². The first-order chi connectivity index (χ1) is 26.5. The molecule has 318 valence electrons. The van der Waals surface area contributed by atoms with Crippen molar-refractivity contribution < 1.29 is 32.9 Å². The highest BCUT2D eigenvalue weighted by Crippen LogP contribution is 2.38. The lowest BCUT2D eigenvalue weighted by molar-refractivity contribution is -0.870. The van der Waals surface area contributed by atoms with Crippen molar-refractivity contribution in [2.75, 3.05) is 40.9 Å². The molecule has 0 aromatic carbocycles. The molecule has 0 spiro atoms.